The molecule has 0 bridgehead atoms. The standard InChI is InChI=1S/C17H30N2O4/c1-10-9-11(5-7-21-10)18-14-13(12-6-8-22-15(12)14)19-16(20)23-17(2,3)4/h10-15,18H,5-9H2,1-4H3,(H,19,20). The number of amides is 1. The number of ether oxygens (including phenoxy) is 3. The van der Waals surface area contributed by atoms with E-state index in [-0.39, 0.29) is 24.3 Å². The summed E-state index contributed by atoms with van der Waals surface area (Å²) in [7, 11) is 0. The monoisotopic (exact) mass is 326 g/mol. The number of alkyl carbamates (subject to hydrolysis) is 1. The van der Waals surface area contributed by atoms with Crippen molar-refractivity contribution in [2.24, 2.45) is 5.92 Å². The highest BCUT2D eigenvalue weighted by Gasteiger charge is 2.55. The Bertz CT molecular complexity index is 437. The third-order valence-corrected chi connectivity index (χ3v) is 4.98. The highest BCUT2D eigenvalue weighted by Crippen LogP contribution is 2.40. The van der Waals surface area contributed by atoms with Gasteiger partial charge in [0.05, 0.1) is 24.3 Å². The van der Waals surface area contributed by atoms with Gasteiger partial charge < -0.3 is 24.8 Å². The van der Waals surface area contributed by atoms with Crippen LogP contribution in [0.1, 0.15) is 47.0 Å². The first-order valence-corrected chi connectivity index (χ1v) is 8.82. The molecule has 0 aromatic heterocycles. The Morgan fingerprint density at radius 3 is 2.57 bits per heavy atom. The van der Waals surface area contributed by atoms with E-state index in [1.165, 1.54) is 0 Å². The molecule has 6 nitrogen and oxygen atoms in total. The normalized spacial score (nSPS) is 40.2. The molecule has 0 radical (unpaired) electrons. The molecule has 2 aliphatic heterocycles. The van der Waals surface area contributed by atoms with Crippen molar-refractivity contribution >= 4 is 6.09 Å². The summed E-state index contributed by atoms with van der Waals surface area (Å²) in [5.41, 5.74) is -0.474. The first kappa shape index (κ1) is 17.0. The molecule has 1 saturated carbocycles. The smallest absolute Gasteiger partial charge is 0.407 e. The van der Waals surface area contributed by atoms with Gasteiger partial charge in [0.25, 0.3) is 0 Å². The molecular weight excluding hydrogens is 296 g/mol. The van der Waals surface area contributed by atoms with Crippen molar-refractivity contribution in [1.82, 2.24) is 10.6 Å². The quantitative estimate of drug-likeness (QED) is 0.828. The fraction of sp³-hybridized carbons (Fsp3) is 0.941. The molecule has 2 heterocycles. The van der Waals surface area contributed by atoms with E-state index in [2.05, 4.69) is 17.6 Å². The zero-order chi connectivity index (χ0) is 16.6. The average Bonchev–Trinajstić information content (AvgIpc) is 2.85. The Balaban J connectivity index is 1.57. The van der Waals surface area contributed by atoms with E-state index in [0.717, 1.165) is 32.5 Å². The number of nitrogens with one attached hydrogen (secondary N) is 2. The van der Waals surface area contributed by atoms with E-state index >= 15 is 0 Å². The number of rotatable bonds is 3. The summed E-state index contributed by atoms with van der Waals surface area (Å²) in [6, 6.07) is 0.692. The molecule has 0 aromatic carbocycles. The van der Waals surface area contributed by atoms with E-state index < -0.39 is 5.60 Å². The van der Waals surface area contributed by atoms with Crippen LogP contribution in [0.4, 0.5) is 4.79 Å². The number of hydrogen-bond donors (Lipinski definition) is 2. The van der Waals surface area contributed by atoms with Crippen LogP contribution in [0.5, 0.6) is 0 Å². The summed E-state index contributed by atoms with van der Waals surface area (Å²) in [5, 5.41) is 6.76. The van der Waals surface area contributed by atoms with Gasteiger partial charge in [-0.3, -0.25) is 0 Å². The number of carbonyl (C=O) groups excluding carboxylic acids is 1. The van der Waals surface area contributed by atoms with Gasteiger partial charge in [-0.15, -0.1) is 0 Å². The van der Waals surface area contributed by atoms with E-state index in [0.29, 0.717) is 18.1 Å². The van der Waals surface area contributed by atoms with Crippen LogP contribution < -0.4 is 10.6 Å². The molecular formula is C17H30N2O4. The van der Waals surface area contributed by atoms with Crippen LogP contribution in [0.25, 0.3) is 0 Å². The Morgan fingerprint density at radius 2 is 1.87 bits per heavy atom. The minimum absolute atomic E-state index is 0.0931. The van der Waals surface area contributed by atoms with Crippen LogP contribution in [-0.2, 0) is 14.2 Å². The van der Waals surface area contributed by atoms with Gasteiger partial charge in [-0.25, -0.2) is 4.79 Å². The molecule has 1 amide bonds. The van der Waals surface area contributed by atoms with Crippen LogP contribution in [0.2, 0.25) is 0 Å². The third-order valence-electron chi connectivity index (χ3n) is 4.98. The van der Waals surface area contributed by atoms with Crippen LogP contribution >= 0.6 is 0 Å². The van der Waals surface area contributed by atoms with E-state index in [1.54, 1.807) is 0 Å². The Labute approximate surface area is 138 Å². The number of carbonyl (C=O) groups is 1. The lowest BCUT2D eigenvalue weighted by molar-refractivity contribution is -0.0501. The maximum Gasteiger partial charge on any atom is 0.407 e. The third kappa shape index (κ3) is 3.98. The van der Waals surface area contributed by atoms with Crippen molar-refractivity contribution in [3.05, 3.63) is 0 Å². The maximum atomic E-state index is 12.1. The summed E-state index contributed by atoms with van der Waals surface area (Å²) in [6.07, 6.45) is 3.20. The fourth-order valence-corrected chi connectivity index (χ4v) is 3.97. The maximum absolute atomic E-state index is 12.1. The summed E-state index contributed by atoms with van der Waals surface area (Å²) in [6.45, 7) is 9.34. The Hall–Kier alpha value is -0.850. The first-order chi connectivity index (χ1) is 10.8. The highest BCUT2D eigenvalue weighted by molar-refractivity contribution is 5.68. The van der Waals surface area contributed by atoms with E-state index in [1.807, 2.05) is 20.8 Å². The second kappa shape index (κ2) is 6.57. The van der Waals surface area contributed by atoms with Crippen LogP contribution in [0.15, 0.2) is 0 Å². The molecule has 2 saturated heterocycles. The van der Waals surface area contributed by atoms with Gasteiger partial charge >= 0.3 is 6.09 Å². The van der Waals surface area contributed by atoms with Crippen molar-refractivity contribution < 1.29 is 19.0 Å². The van der Waals surface area contributed by atoms with Crippen molar-refractivity contribution in [2.45, 2.75) is 82.9 Å². The molecule has 23 heavy (non-hydrogen) atoms. The highest BCUT2D eigenvalue weighted by atomic mass is 16.6. The van der Waals surface area contributed by atoms with Gasteiger partial charge in [0.15, 0.2) is 0 Å². The molecule has 6 atom stereocenters. The van der Waals surface area contributed by atoms with Crippen molar-refractivity contribution in [3.8, 4) is 0 Å². The zero-order valence-electron chi connectivity index (χ0n) is 14.6. The number of fused-ring (bicyclic) bond motifs is 1. The van der Waals surface area contributed by atoms with E-state index in [4.69, 9.17) is 14.2 Å². The molecule has 132 valence electrons. The lowest BCUT2D eigenvalue weighted by atomic mass is 9.71. The SMILES string of the molecule is CC1CC(NC2C(NC(=O)OC(C)(C)C)C3CCOC32)CCO1. The molecule has 1 aliphatic carbocycles. The summed E-state index contributed by atoms with van der Waals surface area (Å²) in [4.78, 5) is 12.1. The van der Waals surface area contributed by atoms with Crippen LogP contribution in [0.3, 0.4) is 0 Å². The average molecular weight is 326 g/mol. The van der Waals surface area contributed by atoms with Crippen molar-refractivity contribution in [2.75, 3.05) is 13.2 Å². The molecule has 0 spiro atoms. The molecule has 0 aromatic rings. The van der Waals surface area contributed by atoms with Gasteiger partial charge in [0.1, 0.15) is 5.60 Å². The van der Waals surface area contributed by atoms with Gasteiger partial charge in [-0.05, 0) is 47.0 Å². The van der Waals surface area contributed by atoms with Crippen molar-refractivity contribution in [1.29, 1.82) is 0 Å². The Kier molecular flexibility index (Phi) is 4.85. The minimum Gasteiger partial charge on any atom is -0.444 e. The van der Waals surface area contributed by atoms with Crippen molar-refractivity contribution in [3.63, 3.8) is 0 Å². The largest absolute Gasteiger partial charge is 0.444 e. The predicted octanol–water partition coefficient (Wildman–Crippen LogP) is 1.82. The van der Waals surface area contributed by atoms with Crippen LogP contribution in [0, 0.1) is 5.92 Å². The zero-order valence-corrected chi connectivity index (χ0v) is 14.6. The van der Waals surface area contributed by atoms with Gasteiger partial charge in [-0.2, -0.15) is 0 Å². The van der Waals surface area contributed by atoms with E-state index in [9.17, 15) is 4.79 Å². The summed E-state index contributed by atoms with van der Waals surface area (Å²) in [5.74, 6) is 0.400. The second-order valence-corrected chi connectivity index (χ2v) is 8.06. The summed E-state index contributed by atoms with van der Waals surface area (Å²) >= 11 is 0. The molecule has 6 unspecified atom stereocenters. The minimum atomic E-state index is -0.474. The molecule has 3 aliphatic rings. The number of hydrogen-bond acceptors (Lipinski definition) is 5. The predicted molar refractivity (Wildman–Crippen MR) is 86.4 cm³/mol. The molecule has 3 fully saturated rings. The lowest BCUT2D eigenvalue weighted by Crippen LogP contribution is -2.71. The van der Waals surface area contributed by atoms with Gasteiger partial charge in [0.2, 0.25) is 0 Å². The molecule has 3 rings (SSSR count). The Morgan fingerprint density at radius 1 is 1.13 bits per heavy atom. The topological polar surface area (TPSA) is 68.8 Å². The molecule has 6 heteroatoms. The summed E-state index contributed by atoms with van der Waals surface area (Å²) < 4.78 is 16.9. The van der Waals surface area contributed by atoms with Gasteiger partial charge in [-0.1, -0.05) is 0 Å². The lowest BCUT2D eigenvalue weighted by Gasteiger charge is -2.49. The fourth-order valence-electron chi connectivity index (χ4n) is 3.97. The first-order valence-electron chi connectivity index (χ1n) is 8.82. The second-order valence-electron chi connectivity index (χ2n) is 8.06. The molecule has 2 N–H and O–H groups in total. The van der Waals surface area contributed by atoms with Gasteiger partial charge in [0, 0.05) is 25.2 Å². The van der Waals surface area contributed by atoms with Crippen LogP contribution in [-0.4, -0.2) is 55.2 Å².